The molecule has 0 radical (unpaired) electrons. The summed E-state index contributed by atoms with van der Waals surface area (Å²) in [5, 5.41) is 11.8. The largest absolute Gasteiger partial charge is 0.399 e. The third-order valence-electron chi connectivity index (χ3n) is 2.80. The molecule has 0 aromatic heterocycles. The third kappa shape index (κ3) is 3.92. The lowest BCUT2D eigenvalue weighted by Gasteiger charge is -2.21. The molecule has 1 aromatic rings. The molecule has 1 atom stereocenters. The summed E-state index contributed by atoms with van der Waals surface area (Å²) in [7, 11) is 0. The molecule has 0 aliphatic carbocycles. The molecular weight excluding hydrogens is 230 g/mol. The number of hydrogen-bond donors (Lipinski definition) is 4. The molecule has 0 saturated heterocycles. The summed E-state index contributed by atoms with van der Waals surface area (Å²) >= 11 is 0. The highest BCUT2D eigenvalue weighted by molar-refractivity contribution is 5.96. The van der Waals surface area contributed by atoms with Crippen molar-refractivity contribution < 1.29 is 9.90 Å². The number of carbonyl (C=O) groups excluding carboxylic acids is 1. The van der Waals surface area contributed by atoms with Gasteiger partial charge in [0.25, 0.3) is 5.91 Å². The smallest absolute Gasteiger partial charge is 0.251 e. The minimum Gasteiger partial charge on any atom is -0.399 e. The van der Waals surface area contributed by atoms with Crippen LogP contribution in [0.3, 0.4) is 0 Å². The van der Waals surface area contributed by atoms with E-state index in [2.05, 4.69) is 5.32 Å². The minimum atomic E-state index is -0.221. The van der Waals surface area contributed by atoms with E-state index in [0.29, 0.717) is 23.4 Å². The summed E-state index contributed by atoms with van der Waals surface area (Å²) in [6, 6.07) is 4.71. The number of benzene rings is 1. The van der Waals surface area contributed by atoms with Gasteiger partial charge < -0.3 is 21.9 Å². The standard InChI is InChI=1S/C13H21N3O2/c1-8(2)12(3-4-17)16-13(18)9-5-10(14)7-11(15)6-9/h5-8,12,17H,3-4,14-15H2,1-2H3,(H,16,18). The number of nitrogen functional groups attached to an aromatic ring is 2. The van der Waals surface area contributed by atoms with Gasteiger partial charge in [-0.25, -0.2) is 0 Å². The van der Waals surface area contributed by atoms with E-state index in [4.69, 9.17) is 16.6 Å². The first kappa shape index (κ1) is 14.3. The molecule has 1 aromatic carbocycles. The van der Waals surface area contributed by atoms with Crippen LogP contribution in [-0.2, 0) is 0 Å². The summed E-state index contributed by atoms with van der Waals surface area (Å²) in [6.45, 7) is 4.03. The van der Waals surface area contributed by atoms with Crippen molar-refractivity contribution in [1.82, 2.24) is 5.32 Å². The van der Waals surface area contributed by atoms with Gasteiger partial charge in [-0.1, -0.05) is 13.8 Å². The Bertz CT molecular complexity index is 398. The number of nitrogens with one attached hydrogen (secondary N) is 1. The Morgan fingerprint density at radius 1 is 1.28 bits per heavy atom. The van der Waals surface area contributed by atoms with Crippen LogP contribution >= 0.6 is 0 Å². The van der Waals surface area contributed by atoms with E-state index in [0.717, 1.165) is 0 Å². The Labute approximate surface area is 107 Å². The van der Waals surface area contributed by atoms with E-state index in [1.165, 1.54) is 0 Å². The minimum absolute atomic E-state index is 0.0438. The van der Waals surface area contributed by atoms with Crippen molar-refractivity contribution in [3.05, 3.63) is 23.8 Å². The van der Waals surface area contributed by atoms with Crippen LogP contribution in [0.5, 0.6) is 0 Å². The monoisotopic (exact) mass is 251 g/mol. The van der Waals surface area contributed by atoms with Crippen LogP contribution in [0.25, 0.3) is 0 Å². The Kier molecular flexibility index (Phi) is 4.97. The first-order chi connectivity index (χ1) is 8.43. The van der Waals surface area contributed by atoms with Gasteiger partial charge in [0.05, 0.1) is 0 Å². The molecule has 0 heterocycles. The molecule has 5 nitrogen and oxygen atoms in total. The molecule has 18 heavy (non-hydrogen) atoms. The quantitative estimate of drug-likeness (QED) is 0.586. The summed E-state index contributed by atoms with van der Waals surface area (Å²) in [5.41, 5.74) is 12.7. The third-order valence-corrected chi connectivity index (χ3v) is 2.80. The first-order valence-corrected chi connectivity index (χ1v) is 6.01. The highest BCUT2D eigenvalue weighted by atomic mass is 16.3. The Morgan fingerprint density at radius 2 is 1.83 bits per heavy atom. The number of rotatable bonds is 5. The fourth-order valence-electron chi connectivity index (χ4n) is 1.77. The van der Waals surface area contributed by atoms with Crippen molar-refractivity contribution >= 4 is 17.3 Å². The molecule has 1 unspecified atom stereocenters. The van der Waals surface area contributed by atoms with E-state index >= 15 is 0 Å². The fraction of sp³-hybridized carbons (Fsp3) is 0.462. The summed E-state index contributed by atoms with van der Waals surface area (Å²) < 4.78 is 0. The number of anilines is 2. The van der Waals surface area contributed by atoms with Crippen molar-refractivity contribution in [3.8, 4) is 0 Å². The van der Waals surface area contributed by atoms with Crippen LogP contribution in [0, 0.1) is 5.92 Å². The zero-order valence-electron chi connectivity index (χ0n) is 10.8. The maximum Gasteiger partial charge on any atom is 0.251 e. The molecule has 0 bridgehead atoms. The topological polar surface area (TPSA) is 101 Å². The van der Waals surface area contributed by atoms with Gasteiger partial charge in [0.1, 0.15) is 0 Å². The van der Waals surface area contributed by atoms with E-state index in [1.807, 2.05) is 13.8 Å². The molecule has 1 rings (SSSR count). The van der Waals surface area contributed by atoms with Gasteiger partial charge >= 0.3 is 0 Å². The molecule has 0 saturated carbocycles. The highest BCUT2D eigenvalue weighted by Gasteiger charge is 2.17. The second-order valence-corrected chi connectivity index (χ2v) is 4.72. The lowest BCUT2D eigenvalue weighted by molar-refractivity contribution is 0.0916. The van der Waals surface area contributed by atoms with E-state index < -0.39 is 0 Å². The lowest BCUT2D eigenvalue weighted by Crippen LogP contribution is -2.39. The SMILES string of the molecule is CC(C)C(CCO)NC(=O)c1cc(N)cc(N)c1. The Balaban J connectivity index is 2.80. The van der Waals surface area contributed by atoms with Crippen LogP contribution in [0.4, 0.5) is 11.4 Å². The van der Waals surface area contributed by atoms with Gasteiger partial charge in [0.15, 0.2) is 0 Å². The van der Waals surface area contributed by atoms with Crippen molar-refractivity contribution in [2.75, 3.05) is 18.1 Å². The summed E-state index contributed by atoms with van der Waals surface area (Å²) in [4.78, 5) is 12.0. The molecule has 100 valence electrons. The number of amides is 1. The van der Waals surface area contributed by atoms with E-state index in [-0.39, 0.29) is 24.5 Å². The van der Waals surface area contributed by atoms with Crippen LogP contribution in [-0.4, -0.2) is 23.7 Å². The normalized spacial score (nSPS) is 12.4. The average Bonchev–Trinajstić information content (AvgIpc) is 2.26. The van der Waals surface area contributed by atoms with Crippen LogP contribution < -0.4 is 16.8 Å². The van der Waals surface area contributed by atoms with Crippen LogP contribution in [0.15, 0.2) is 18.2 Å². The predicted molar refractivity (Wildman–Crippen MR) is 73.1 cm³/mol. The van der Waals surface area contributed by atoms with Gasteiger partial charge in [-0.2, -0.15) is 0 Å². The lowest BCUT2D eigenvalue weighted by atomic mass is 10.0. The van der Waals surface area contributed by atoms with Crippen molar-refractivity contribution in [3.63, 3.8) is 0 Å². The molecule has 0 aliphatic rings. The zero-order chi connectivity index (χ0) is 13.7. The maximum absolute atomic E-state index is 12.0. The van der Waals surface area contributed by atoms with Crippen LogP contribution in [0.2, 0.25) is 0 Å². The van der Waals surface area contributed by atoms with Crippen LogP contribution in [0.1, 0.15) is 30.6 Å². The van der Waals surface area contributed by atoms with Crippen molar-refractivity contribution in [1.29, 1.82) is 0 Å². The van der Waals surface area contributed by atoms with Gasteiger partial charge in [-0.3, -0.25) is 4.79 Å². The second-order valence-electron chi connectivity index (χ2n) is 4.72. The molecule has 6 N–H and O–H groups in total. The van der Waals surface area contributed by atoms with Crippen molar-refractivity contribution in [2.45, 2.75) is 26.3 Å². The van der Waals surface area contributed by atoms with E-state index in [9.17, 15) is 4.79 Å². The molecule has 5 heteroatoms. The highest BCUT2D eigenvalue weighted by Crippen LogP contribution is 2.14. The average molecular weight is 251 g/mol. The maximum atomic E-state index is 12.0. The number of carbonyl (C=O) groups is 1. The Morgan fingerprint density at radius 3 is 2.28 bits per heavy atom. The summed E-state index contributed by atoms with van der Waals surface area (Å²) in [5.74, 6) is 0.0284. The molecule has 0 fully saturated rings. The first-order valence-electron chi connectivity index (χ1n) is 6.01. The Hall–Kier alpha value is -1.75. The van der Waals surface area contributed by atoms with E-state index in [1.54, 1.807) is 18.2 Å². The van der Waals surface area contributed by atoms with Crippen molar-refractivity contribution in [2.24, 2.45) is 5.92 Å². The molecular formula is C13H21N3O2. The number of aliphatic hydroxyl groups excluding tert-OH is 1. The van der Waals surface area contributed by atoms with Gasteiger partial charge in [-0.05, 0) is 30.5 Å². The molecule has 0 spiro atoms. The fourth-order valence-corrected chi connectivity index (χ4v) is 1.77. The molecule has 1 amide bonds. The van der Waals surface area contributed by atoms with Gasteiger partial charge in [-0.15, -0.1) is 0 Å². The predicted octanol–water partition coefficient (Wildman–Crippen LogP) is 0.988. The number of hydrogen-bond acceptors (Lipinski definition) is 4. The number of nitrogens with two attached hydrogens (primary N) is 2. The second kappa shape index (κ2) is 6.26. The van der Waals surface area contributed by atoms with Gasteiger partial charge in [0.2, 0.25) is 0 Å². The summed E-state index contributed by atoms with van der Waals surface area (Å²) in [6.07, 6.45) is 0.529. The molecule has 0 aliphatic heterocycles. The van der Waals surface area contributed by atoms with Gasteiger partial charge in [0, 0.05) is 29.6 Å². The number of aliphatic hydroxyl groups is 1. The zero-order valence-corrected chi connectivity index (χ0v) is 10.8.